The molecule has 0 saturated carbocycles. The van der Waals surface area contributed by atoms with Gasteiger partial charge in [-0.25, -0.2) is 0 Å². The van der Waals surface area contributed by atoms with E-state index >= 15 is 0 Å². The van der Waals surface area contributed by atoms with Crippen molar-refractivity contribution in [2.24, 2.45) is 5.92 Å². The molecular weight excluding hydrogens is 208 g/mol. The number of nitrogens with one attached hydrogen (secondary N) is 1. The summed E-state index contributed by atoms with van der Waals surface area (Å²) in [6.45, 7) is 10.0. The summed E-state index contributed by atoms with van der Waals surface area (Å²) in [4.78, 5) is 4.26. The van der Waals surface area contributed by atoms with Gasteiger partial charge in [0.05, 0.1) is 0 Å². The van der Waals surface area contributed by atoms with E-state index < -0.39 is 0 Å². The van der Waals surface area contributed by atoms with Gasteiger partial charge in [-0.2, -0.15) is 0 Å². The first kappa shape index (κ1) is 14.2. The molecule has 0 aliphatic carbocycles. The van der Waals surface area contributed by atoms with Gasteiger partial charge in [0.25, 0.3) is 0 Å². The van der Waals surface area contributed by atoms with Crippen LogP contribution < -0.4 is 5.32 Å². The number of hydrogen-bond acceptors (Lipinski definition) is 2. The third kappa shape index (κ3) is 4.47. The molecule has 0 amide bonds. The zero-order valence-electron chi connectivity index (χ0n) is 11.6. The molecule has 1 unspecified atom stereocenters. The van der Waals surface area contributed by atoms with Crippen molar-refractivity contribution in [2.75, 3.05) is 6.54 Å². The summed E-state index contributed by atoms with van der Waals surface area (Å²) in [6, 6.07) is 4.79. The molecule has 2 heteroatoms. The standard InChI is InChI=1S/C15H26N2/c1-5-13(6-2)15(11-17-12(3)4)14-8-7-9-16-10-14/h7-10,12-13,15,17H,5-6,11H2,1-4H3. The van der Waals surface area contributed by atoms with E-state index in [9.17, 15) is 0 Å². The Labute approximate surface area is 106 Å². The maximum absolute atomic E-state index is 4.26. The second-order valence-electron chi connectivity index (χ2n) is 5.03. The molecule has 1 aromatic rings. The molecule has 1 heterocycles. The zero-order chi connectivity index (χ0) is 12.7. The summed E-state index contributed by atoms with van der Waals surface area (Å²) in [7, 11) is 0. The van der Waals surface area contributed by atoms with Gasteiger partial charge in [-0.05, 0) is 17.5 Å². The third-order valence-electron chi connectivity index (χ3n) is 3.48. The lowest BCUT2D eigenvalue weighted by molar-refractivity contribution is 0.370. The molecule has 1 aromatic heterocycles. The predicted octanol–water partition coefficient (Wildman–Crippen LogP) is 3.60. The monoisotopic (exact) mass is 234 g/mol. The van der Waals surface area contributed by atoms with E-state index in [2.05, 4.69) is 44.1 Å². The molecular formula is C15H26N2. The lowest BCUT2D eigenvalue weighted by Gasteiger charge is -2.26. The molecule has 17 heavy (non-hydrogen) atoms. The fourth-order valence-electron chi connectivity index (χ4n) is 2.37. The fourth-order valence-corrected chi connectivity index (χ4v) is 2.37. The Hall–Kier alpha value is -0.890. The van der Waals surface area contributed by atoms with E-state index in [-0.39, 0.29) is 0 Å². The average Bonchev–Trinajstić information content (AvgIpc) is 2.35. The molecule has 96 valence electrons. The summed E-state index contributed by atoms with van der Waals surface area (Å²) in [5.41, 5.74) is 1.37. The molecule has 1 rings (SSSR count). The van der Waals surface area contributed by atoms with E-state index in [0.29, 0.717) is 12.0 Å². The van der Waals surface area contributed by atoms with Crippen molar-refractivity contribution in [3.8, 4) is 0 Å². The lowest BCUT2D eigenvalue weighted by atomic mass is 9.83. The van der Waals surface area contributed by atoms with Crippen LogP contribution in [0.2, 0.25) is 0 Å². The highest BCUT2D eigenvalue weighted by Crippen LogP contribution is 2.28. The third-order valence-corrected chi connectivity index (χ3v) is 3.48. The number of rotatable bonds is 7. The Morgan fingerprint density at radius 2 is 1.94 bits per heavy atom. The first-order valence-corrected chi connectivity index (χ1v) is 6.82. The molecule has 0 aromatic carbocycles. The predicted molar refractivity (Wildman–Crippen MR) is 74.2 cm³/mol. The highest BCUT2D eigenvalue weighted by atomic mass is 14.9. The molecule has 0 aliphatic heterocycles. The van der Waals surface area contributed by atoms with Crippen molar-refractivity contribution in [1.82, 2.24) is 10.3 Å². The normalized spacial score (nSPS) is 13.3. The number of aromatic nitrogens is 1. The minimum Gasteiger partial charge on any atom is -0.314 e. The molecule has 0 fully saturated rings. The smallest absolute Gasteiger partial charge is 0.0303 e. The molecule has 2 nitrogen and oxygen atoms in total. The molecule has 1 atom stereocenters. The van der Waals surface area contributed by atoms with Gasteiger partial charge in [0.2, 0.25) is 0 Å². The molecule has 0 aliphatic rings. The summed E-state index contributed by atoms with van der Waals surface area (Å²) in [5, 5.41) is 3.57. The maximum Gasteiger partial charge on any atom is 0.0303 e. The van der Waals surface area contributed by atoms with Gasteiger partial charge < -0.3 is 5.32 Å². The van der Waals surface area contributed by atoms with Crippen molar-refractivity contribution < 1.29 is 0 Å². The summed E-state index contributed by atoms with van der Waals surface area (Å²) >= 11 is 0. The van der Waals surface area contributed by atoms with Crippen molar-refractivity contribution in [3.63, 3.8) is 0 Å². The van der Waals surface area contributed by atoms with Crippen LogP contribution in [0.15, 0.2) is 24.5 Å². The topological polar surface area (TPSA) is 24.9 Å². The number of hydrogen-bond donors (Lipinski definition) is 1. The van der Waals surface area contributed by atoms with E-state index in [1.165, 1.54) is 18.4 Å². The quantitative estimate of drug-likeness (QED) is 0.779. The molecule has 0 saturated heterocycles. The van der Waals surface area contributed by atoms with Crippen LogP contribution in [0.25, 0.3) is 0 Å². The van der Waals surface area contributed by atoms with Crippen molar-refractivity contribution in [2.45, 2.75) is 52.5 Å². The Bertz CT molecular complexity index is 291. The van der Waals surface area contributed by atoms with Gasteiger partial charge >= 0.3 is 0 Å². The van der Waals surface area contributed by atoms with Crippen LogP contribution in [0.5, 0.6) is 0 Å². The van der Waals surface area contributed by atoms with Crippen LogP contribution in [0.3, 0.4) is 0 Å². The summed E-state index contributed by atoms with van der Waals surface area (Å²) < 4.78 is 0. The van der Waals surface area contributed by atoms with Crippen LogP contribution in [0.4, 0.5) is 0 Å². The van der Waals surface area contributed by atoms with Crippen molar-refractivity contribution in [3.05, 3.63) is 30.1 Å². The Morgan fingerprint density at radius 3 is 2.41 bits per heavy atom. The number of nitrogens with zero attached hydrogens (tertiary/aromatic N) is 1. The Morgan fingerprint density at radius 1 is 1.24 bits per heavy atom. The molecule has 0 spiro atoms. The van der Waals surface area contributed by atoms with Crippen LogP contribution >= 0.6 is 0 Å². The Balaban J connectivity index is 2.78. The van der Waals surface area contributed by atoms with Crippen LogP contribution in [-0.2, 0) is 0 Å². The highest BCUT2D eigenvalue weighted by Gasteiger charge is 2.20. The number of pyridine rings is 1. The molecule has 0 bridgehead atoms. The minimum atomic E-state index is 0.545. The van der Waals surface area contributed by atoms with E-state index in [4.69, 9.17) is 0 Å². The average molecular weight is 234 g/mol. The van der Waals surface area contributed by atoms with Crippen LogP contribution in [0.1, 0.15) is 52.0 Å². The van der Waals surface area contributed by atoms with E-state index in [0.717, 1.165) is 12.5 Å². The summed E-state index contributed by atoms with van der Waals surface area (Å²) in [5.74, 6) is 1.33. The first-order valence-electron chi connectivity index (χ1n) is 6.82. The van der Waals surface area contributed by atoms with Gasteiger partial charge in [0.15, 0.2) is 0 Å². The molecule has 0 radical (unpaired) electrons. The van der Waals surface area contributed by atoms with Gasteiger partial charge in [-0.1, -0.05) is 46.6 Å². The zero-order valence-corrected chi connectivity index (χ0v) is 11.6. The van der Waals surface area contributed by atoms with Crippen LogP contribution in [0, 0.1) is 5.92 Å². The summed E-state index contributed by atoms with van der Waals surface area (Å²) in [6.07, 6.45) is 6.33. The second-order valence-corrected chi connectivity index (χ2v) is 5.03. The Kier molecular flexibility index (Phi) is 6.20. The van der Waals surface area contributed by atoms with Crippen molar-refractivity contribution in [1.29, 1.82) is 0 Å². The highest BCUT2D eigenvalue weighted by molar-refractivity contribution is 5.16. The van der Waals surface area contributed by atoms with Gasteiger partial charge in [0.1, 0.15) is 0 Å². The second kappa shape index (κ2) is 7.44. The largest absolute Gasteiger partial charge is 0.314 e. The fraction of sp³-hybridized carbons (Fsp3) is 0.667. The first-order chi connectivity index (χ1) is 8.19. The van der Waals surface area contributed by atoms with Crippen LogP contribution in [-0.4, -0.2) is 17.6 Å². The van der Waals surface area contributed by atoms with Gasteiger partial charge in [0, 0.05) is 30.9 Å². The SMILES string of the molecule is CCC(CC)C(CNC(C)C)c1cccnc1. The van der Waals surface area contributed by atoms with Gasteiger partial charge in [-0.15, -0.1) is 0 Å². The van der Waals surface area contributed by atoms with E-state index in [1.54, 1.807) is 0 Å². The van der Waals surface area contributed by atoms with Crippen molar-refractivity contribution >= 4 is 0 Å². The molecule has 1 N–H and O–H groups in total. The minimum absolute atomic E-state index is 0.545. The maximum atomic E-state index is 4.26. The van der Waals surface area contributed by atoms with E-state index in [1.807, 2.05) is 18.5 Å². The van der Waals surface area contributed by atoms with Gasteiger partial charge in [-0.3, -0.25) is 4.98 Å². The lowest BCUT2D eigenvalue weighted by Crippen LogP contribution is -2.31.